The summed E-state index contributed by atoms with van der Waals surface area (Å²) in [5.41, 5.74) is 8.98. The van der Waals surface area contributed by atoms with Crippen LogP contribution in [0.15, 0.2) is 42.5 Å². The van der Waals surface area contributed by atoms with Crippen molar-refractivity contribution >= 4 is 5.69 Å². The Hall–Kier alpha value is -1.96. The zero-order valence-corrected chi connectivity index (χ0v) is 10.0. The van der Waals surface area contributed by atoms with E-state index in [0.29, 0.717) is 5.69 Å². The molecule has 1 aliphatic heterocycles. The number of benzene rings is 2. The van der Waals surface area contributed by atoms with E-state index in [4.69, 9.17) is 10.5 Å². The Kier molecular flexibility index (Phi) is 1.96. The van der Waals surface area contributed by atoms with Gasteiger partial charge in [0.2, 0.25) is 0 Å². The summed E-state index contributed by atoms with van der Waals surface area (Å²) in [6.07, 6.45) is 0. The summed E-state index contributed by atoms with van der Waals surface area (Å²) < 4.78 is 5.92. The van der Waals surface area contributed by atoms with Crippen LogP contribution in [-0.4, -0.2) is 0 Å². The third-order valence-electron chi connectivity index (χ3n) is 3.49. The summed E-state index contributed by atoms with van der Waals surface area (Å²) in [7, 11) is 0. The molecule has 2 N–H and O–H groups in total. The van der Waals surface area contributed by atoms with Gasteiger partial charge in [0.25, 0.3) is 0 Å². The van der Waals surface area contributed by atoms with Crippen molar-refractivity contribution in [3.05, 3.63) is 53.6 Å². The molecule has 0 bridgehead atoms. The normalized spacial score (nSPS) is 15.6. The van der Waals surface area contributed by atoms with E-state index < -0.39 is 0 Å². The second-order valence-corrected chi connectivity index (χ2v) is 4.95. The van der Waals surface area contributed by atoms with E-state index >= 15 is 0 Å². The third-order valence-corrected chi connectivity index (χ3v) is 3.49. The molecular weight excluding hydrogens is 210 g/mol. The molecular formula is C15H15NO. The first-order valence-corrected chi connectivity index (χ1v) is 5.77. The van der Waals surface area contributed by atoms with Gasteiger partial charge in [-0.3, -0.25) is 0 Å². The van der Waals surface area contributed by atoms with Crippen molar-refractivity contribution in [2.45, 2.75) is 19.3 Å². The minimum absolute atomic E-state index is 0.0699. The number of hydrogen-bond donors (Lipinski definition) is 1. The molecule has 0 saturated carbocycles. The molecule has 0 aromatic heterocycles. The van der Waals surface area contributed by atoms with Gasteiger partial charge >= 0.3 is 0 Å². The Balaban J connectivity index is 2.31. The molecule has 0 radical (unpaired) electrons. The fraction of sp³-hybridized carbons (Fsp3) is 0.200. The SMILES string of the molecule is CC1(C)c2ccccc2Oc2c(N)cccc21. The van der Waals surface area contributed by atoms with Gasteiger partial charge in [-0.2, -0.15) is 0 Å². The van der Waals surface area contributed by atoms with E-state index in [0.717, 1.165) is 17.1 Å². The lowest BCUT2D eigenvalue weighted by Crippen LogP contribution is -2.24. The minimum Gasteiger partial charge on any atom is -0.455 e. The van der Waals surface area contributed by atoms with Crippen molar-refractivity contribution in [3.8, 4) is 11.5 Å². The molecule has 1 heterocycles. The van der Waals surface area contributed by atoms with Crippen LogP contribution in [0, 0.1) is 0 Å². The fourth-order valence-electron chi connectivity index (χ4n) is 2.49. The lowest BCUT2D eigenvalue weighted by Gasteiger charge is -2.34. The highest BCUT2D eigenvalue weighted by Crippen LogP contribution is 2.49. The van der Waals surface area contributed by atoms with Crippen LogP contribution in [-0.2, 0) is 5.41 Å². The highest BCUT2D eigenvalue weighted by molar-refractivity contribution is 5.66. The Bertz CT molecular complexity index is 587. The van der Waals surface area contributed by atoms with Gasteiger partial charge in [-0.25, -0.2) is 0 Å². The molecule has 86 valence electrons. The van der Waals surface area contributed by atoms with Gasteiger partial charge in [0.15, 0.2) is 5.75 Å². The van der Waals surface area contributed by atoms with Gasteiger partial charge in [-0.1, -0.05) is 44.2 Å². The minimum atomic E-state index is -0.0699. The molecule has 0 saturated heterocycles. The summed E-state index contributed by atoms with van der Waals surface area (Å²) >= 11 is 0. The van der Waals surface area contributed by atoms with Crippen LogP contribution in [0.25, 0.3) is 0 Å². The maximum atomic E-state index is 5.99. The van der Waals surface area contributed by atoms with Gasteiger partial charge in [-0.15, -0.1) is 0 Å². The summed E-state index contributed by atoms with van der Waals surface area (Å²) in [5, 5.41) is 0. The number of nitrogens with two attached hydrogens (primary N) is 1. The number of anilines is 1. The molecule has 1 aliphatic rings. The highest BCUT2D eigenvalue weighted by Gasteiger charge is 2.34. The zero-order valence-electron chi connectivity index (χ0n) is 10.0. The third kappa shape index (κ3) is 1.34. The van der Waals surface area contributed by atoms with Gasteiger partial charge in [0, 0.05) is 16.5 Å². The monoisotopic (exact) mass is 225 g/mol. The number of ether oxygens (including phenoxy) is 1. The van der Waals surface area contributed by atoms with Crippen molar-refractivity contribution in [2.24, 2.45) is 0 Å². The summed E-state index contributed by atoms with van der Waals surface area (Å²) in [6, 6.07) is 14.1. The molecule has 0 spiro atoms. The molecule has 2 nitrogen and oxygen atoms in total. The van der Waals surface area contributed by atoms with E-state index in [1.165, 1.54) is 5.56 Å². The Morgan fingerprint density at radius 1 is 0.941 bits per heavy atom. The average molecular weight is 225 g/mol. The topological polar surface area (TPSA) is 35.2 Å². The number of fused-ring (bicyclic) bond motifs is 2. The number of para-hydroxylation sites is 2. The summed E-state index contributed by atoms with van der Waals surface area (Å²) in [6.45, 7) is 4.40. The quantitative estimate of drug-likeness (QED) is 0.694. The second-order valence-electron chi connectivity index (χ2n) is 4.95. The average Bonchev–Trinajstić information content (AvgIpc) is 2.31. The predicted molar refractivity (Wildman–Crippen MR) is 69.5 cm³/mol. The van der Waals surface area contributed by atoms with E-state index in [1.807, 2.05) is 30.3 Å². The molecule has 0 fully saturated rings. The molecule has 3 rings (SSSR count). The maximum absolute atomic E-state index is 5.99. The van der Waals surface area contributed by atoms with Crippen LogP contribution < -0.4 is 10.5 Å². The van der Waals surface area contributed by atoms with Gasteiger partial charge in [0.05, 0.1) is 5.69 Å². The van der Waals surface area contributed by atoms with Crippen molar-refractivity contribution in [1.82, 2.24) is 0 Å². The van der Waals surface area contributed by atoms with Crippen LogP contribution in [0.2, 0.25) is 0 Å². The number of hydrogen-bond acceptors (Lipinski definition) is 2. The molecule has 0 aliphatic carbocycles. The largest absolute Gasteiger partial charge is 0.455 e. The smallest absolute Gasteiger partial charge is 0.154 e. The summed E-state index contributed by atoms with van der Waals surface area (Å²) in [4.78, 5) is 0. The molecule has 2 heteroatoms. The summed E-state index contributed by atoms with van der Waals surface area (Å²) in [5.74, 6) is 1.71. The van der Waals surface area contributed by atoms with E-state index in [2.05, 4.69) is 26.0 Å². The maximum Gasteiger partial charge on any atom is 0.154 e. The van der Waals surface area contributed by atoms with Crippen molar-refractivity contribution < 1.29 is 4.74 Å². The van der Waals surface area contributed by atoms with Crippen LogP contribution in [0.3, 0.4) is 0 Å². The fourth-order valence-corrected chi connectivity index (χ4v) is 2.49. The van der Waals surface area contributed by atoms with Gasteiger partial charge < -0.3 is 10.5 Å². The molecule has 0 atom stereocenters. The van der Waals surface area contributed by atoms with Crippen molar-refractivity contribution in [2.75, 3.05) is 5.73 Å². The van der Waals surface area contributed by atoms with Crippen LogP contribution in [0.4, 0.5) is 5.69 Å². The van der Waals surface area contributed by atoms with Gasteiger partial charge in [-0.05, 0) is 12.1 Å². The first-order chi connectivity index (χ1) is 8.10. The lowest BCUT2D eigenvalue weighted by atomic mass is 9.75. The van der Waals surface area contributed by atoms with Crippen molar-refractivity contribution in [1.29, 1.82) is 0 Å². The van der Waals surface area contributed by atoms with Gasteiger partial charge in [0.1, 0.15) is 5.75 Å². The highest BCUT2D eigenvalue weighted by atomic mass is 16.5. The van der Waals surface area contributed by atoms with E-state index in [-0.39, 0.29) is 5.41 Å². The lowest BCUT2D eigenvalue weighted by molar-refractivity contribution is 0.420. The van der Waals surface area contributed by atoms with Crippen molar-refractivity contribution in [3.63, 3.8) is 0 Å². The predicted octanol–water partition coefficient (Wildman–Crippen LogP) is 3.70. The molecule has 0 unspecified atom stereocenters. The standard InChI is InChI=1S/C15H15NO/c1-15(2)10-6-3-4-9-13(10)17-14-11(15)7-5-8-12(14)16/h3-9H,16H2,1-2H3. The number of nitrogen functional groups attached to an aromatic ring is 1. The Morgan fingerprint density at radius 2 is 1.65 bits per heavy atom. The van der Waals surface area contributed by atoms with Crippen LogP contribution >= 0.6 is 0 Å². The second kappa shape index (κ2) is 3.27. The molecule has 2 aromatic carbocycles. The molecule has 2 aromatic rings. The van der Waals surface area contributed by atoms with Crippen LogP contribution in [0.5, 0.6) is 11.5 Å². The first kappa shape index (κ1) is 10.2. The number of rotatable bonds is 0. The molecule has 0 amide bonds. The zero-order chi connectivity index (χ0) is 12.0. The Labute approximate surface area is 101 Å². The Morgan fingerprint density at radius 3 is 2.47 bits per heavy atom. The first-order valence-electron chi connectivity index (χ1n) is 5.77. The van der Waals surface area contributed by atoms with E-state index in [9.17, 15) is 0 Å². The van der Waals surface area contributed by atoms with Crippen LogP contribution in [0.1, 0.15) is 25.0 Å². The molecule has 17 heavy (non-hydrogen) atoms. The van der Waals surface area contributed by atoms with E-state index in [1.54, 1.807) is 0 Å².